The molecule has 0 aromatic carbocycles. The molecule has 0 bridgehead atoms. The van der Waals surface area contributed by atoms with Crippen LogP contribution >= 0.6 is 0 Å². The zero-order valence-corrected chi connectivity index (χ0v) is 13.3. The molecule has 2 atom stereocenters. The lowest BCUT2D eigenvalue weighted by Crippen LogP contribution is -2.41. The van der Waals surface area contributed by atoms with Crippen molar-refractivity contribution in [3.8, 4) is 0 Å². The zero-order valence-electron chi connectivity index (χ0n) is 13.3. The summed E-state index contributed by atoms with van der Waals surface area (Å²) in [4.78, 5) is 37.8. The average Bonchev–Trinajstić information content (AvgIpc) is 2.61. The molecule has 1 heterocycles. The normalized spacial score (nSPS) is 21.1. The molecule has 0 spiro atoms. The molecule has 1 aliphatic rings. The number of Topliss-reactive ketones (excluding diaryl/α,β-unsaturated/α-hetero) is 1. The summed E-state index contributed by atoms with van der Waals surface area (Å²) in [6, 6.07) is -0.262. The molecule has 0 N–H and O–H groups in total. The van der Waals surface area contributed by atoms with Gasteiger partial charge in [-0.05, 0) is 18.8 Å². The van der Waals surface area contributed by atoms with E-state index in [0.29, 0.717) is 25.2 Å². The first-order valence-electron chi connectivity index (χ1n) is 7.66. The summed E-state index contributed by atoms with van der Waals surface area (Å²) in [5.74, 6) is 0.0871. The van der Waals surface area contributed by atoms with Gasteiger partial charge in [0.1, 0.15) is 5.78 Å². The molecule has 0 aliphatic carbocycles. The maximum absolute atomic E-state index is 12.4. The predicted octanol–water partition coefficient (Wildman–Crippen LogP) is 2.80. The van der Waals surface area contributed by atoms with Crippen molar-refractivity contribution in [3.63, 3.8) is 0 Å². The van der Waals surface area contributed by atoms with Gasteiger partial charge in [-0.2, -0.15) is 0 Å². The van der Waals surface area contributed by atoms with Crippen LogP contribution in [-0.4, -0.2) is 28.5 Å². The zero-order chi connectivity index (χ0) is 15.4. The number of nitrogens with zero attached hydrogens (tertiary/aromatic N) is 1. The minimum atomic E-state index is -0.262. The molecule has 114 valence electrons. The molecule has 4 nitrogen and oxygen atoms in total. The van der Waals surface area contributed by atoms with Gasteiger partial charge in [-0.15, -0.1) is 0 Å². The summed E-state index contributed by atoms with van der Waals surface area (Å²) in [6.07, 6.45) is 1.99. The number of hydrogen-bond donors (Lipinski definition) is 0. The Morgan fingerprint density at radius 2 is 1.85 bits per heavy atom. The van der Waals surface area contributed by atoms with Crippen molar-refractivity contribution in [2.24, 2.45) is 17.8 Å². The van der Waals surface area contributed by atoms with Crippen LogP contribution in [0.15, 0.2) is 0 Å². The number of ketones is 1. The minimum absolute atomic E-state index is 0.0525. The fourth-order valence-electron chi connectivity index (χ4n) is 2.74. The summed E-state index contributed by atoms with van der Waals surface area (Å²) in [5.41, 5.74) is 0. The molecule has 2 unspecified atom stereocenters. The van der Waals surface area contributed by atoms with Crippen LogP contribution in [-0.2, 0) is 14.4 Å². The molecule has 1 aliphatic heterocycles. The highest BCUT2D eigenvalue weighted by Gasteiger charge is 2.42. The Labute approximate surface area is 121 Å². The largest absolute Gasteiger partial charge is 0.299 e. The van der Waals surface area contributed by atoms with Gasteiger partial charge < -0.3 is 0 Å². The van der Waals surface area contributed by atoms with E-state index in [9.17, 15) is 14.4 Å². The number of amides is 2. The smallest absolute Gasteiger partial charge is 0.233 e. The second-order valence-corrected chi connectivity index (χ2v) is 6.52. The van der Waals surface area contributed by atoms with Crippen LogP contribution in [0, 0.1) is 17.8 Å². The fraction of sp³-hybridized carbons (Fsp3) is 0.812. The van der Waals surface area contributed by atoms with Crippen LogP contribution in [0.1, 0.15) is 60.3 Å². The van der Waals surface area contributed by atoms with Gasteiger partial charge in [-0.25, -0.2) is 0 Å². The Hall–Kier alpha value is -1.19. The van der Waals surface area contributed by atoms with E-state index in [1.165, 1.54) is 4.90 Å². The van der Waals surface area contributed by atoms with Gasteiger partial charge in [-0.3, -0.25) is 19.3 Å². The van der Waals surface area contributed by atoms with E-state index in [-0.39, 0.29) is 35.5 Å². The van der Waals surface area contributed by atoms with E-state index in [1.807, 2.05) is 20.8 Å². The molecular weight excluding hydrogens is 254 g/mol. The molecule has 0 aromatic rings. The number of carbonyl (C=O) groups is 3. The van der Waals surface area contributed by atoms with Crippen molar-refractivity contribution in [1.29, 1.82) is 0 Å². The predicted molar refractivity (Wildman–Crippen MR) is 78.0 cm³/mol. The topological polar surface area (TPSA) is 54.5 Å². The van der Waals surface area contributed by atoms with Gasteiger partial charge >= 0.3 is 0 Å². The van der Waals surface area contributed by atoms with E-state index in [2.05, 4.69) is 13.8 Å². The number of imide groups is 1. The van der Waals surface area contributed by atoms with E-state index < -0.39 is 0 Å². The third-order valence-corrected chi connectivity index (χ3v) is 3.95. The van der Waals surface area contributed by atoms with E-state index in [0.717, 1.165) is 6.42 Å². The van der Waals surface area contributed by atoms with Crippen LogP contribution in [0.25, 0.3) is 0 Å². The molecule has 20 heavy (non-hydrogen) atoms. The van der Waals surface area contributed by atoms with Crippen molar-refractivity contribution in [2.45, 2.75) is 66.3 Å². The summed E-state index contributed by atoms with van der Waals surface area (Å²) in [5, 5.41) is 0. The Balaban J connectivity index is 2.79. The number of carbonyl (C=O) groups excluding carboxylic acids is 3. The summed E-state index contributed by atoms with van der Waals surface area (Å²) < 4.78 is 0. The Morgan fingerprint density at radius 1 is 1.25 bits per heavy atom. The van der Waals surface area contributed by atoms with Gasteiger partial charge in [0.05, 0.1) is 0 Å². The molecular formula is C16H27NO3. The van der Waals surface area contributed by atoms with Crippen LogP contribution < -0.4 is 0 Å². The molecule has 1 saturated heterocycles. The van der Waals surface area contributed by atoms with Crippen LogP contribution in [0.3, 0.4) is 0 Å². The maximum atomic E-state index is 12.4. The number of likely N-dealkylation sites (tertiary alicyclic amines) is 1. The molecule has 1 rings (SSSR count). The van der Waals surface area contributed by atoms with E-state index >= 15 is 0 Å². The van der Waals surface area contributed by atoms with Crippen molar-refractivity contribution in [1.82, 2.24) is 4.90 Å². The number of hydrogen-bond acceptors (Lipinski definition) is 3. The summed E-state index contributed by atoms with van der Waals surface area (Å²) >= 11 is 0. The first-order chi connectivity index (χ1) is 9.27. The van der Waals surface area contributed by atoms with Crippen LogP contribution in [0.5, 0.6) is 0 Å². The van der Waals surface area contributed by atoms with Gasteiger partial charge in [0, 0.05) is 30.7 Å². The van der Waals surface area contributed by atoms with Crippen LogP contribution in [0.2, 0.25) is 0 Å². The molecule has 0 aromatic heterocycles. The molecule has 1 fully saturated rings. The SMILES string of the molecule is CCC(CC(=O)C(C)C)N1C(=O)CC(CC(C)C)C1=O. The summed E-state index contributed by atoms with van der Waals surface area (Å²) in [6.45, 7) is 9.74. The van der Waals surface area contributed by atoms with Crippen molar-refractivity contribution in [3.05, 3.63) is 0 Å². The first-order valence-corrected chi connectivity index (χ1v) is 7.66. The van der Waals surface area contributed by atoms with E-state index in [4.69, 9.17) is 0 Å². The average molecular weight is 281 g/mol. The second kappa shape index (κ2) is 7.00. The van der Waals surface area contributed by atoms with Gasteiger partial charge in [-0.1, -0.05) is 34.6 Å². The Kier molecular flexibility index (Phi) is 5.90. The summed E-state index contributed by atoms with van der Waals surface area (Å²) in [7, 11) is 0. The lowest BCUT2D eigenvalue weighted by atomic mass is 9.95. The molecule has 0 radical (unpaired) electrons. The van der Waals surface area contributed by atoms with Crippen molar-refractivity contribution < 1.29 is 14.4 Å². The Bertz CT molecular complexity index is 387. The molecule has 2 amide bonds. The minimum Gasteiger partial charge on any atom is -0.299 e. The lowest BCUT2D eigenvalue weighted by molar-refractivity contribution is -0.143. The van der Waals surface area contributed by atoms with Gasteiger partial charge in [0.2, 0.25) is 11.8 Å². The third kappa shape index (κ3) is 3.90. The van der Waals surface area contributed by atoms with Crippen molar-refractivity contribution >= 4 is 17.6 Å². The third-order valence-electron chi connectivity index (χ3n) is 3.95. The molecule has 4 heteroatoms. The highest BCUT2D eigenvalue weighted by Crippen LogP contribution is 2.29. The van der Waals surface area contributed by atoms with E-state index in [1.54, 1.807) is 0 Å². The van der Waals surface area contributed by atoms with Crippen molar-refractivity contribution in [2.75, 3.05) is 0 Å². The standard InChI is InChI=1S/C16H27NO3/c1-6-13(9-14(18)11(4)5)17-15(19)8-12(16(17)20)7-10(2)3/h10-13H,6-9H2,1-5H3. The quantitative estimate of drug-likeness (QED) is 0.674. The second-order valence-electron chi connectivity index (χ2n) is 6.52. The fourth-order valence-corrected chi connectivity index (χ4v) is 2.74. The highest BCUT2D eigenvalue weighted by molar-refractivity contribution is 6.04. The molecule has 0 saturated carbocycles. The van der Waals surface area contributed by atoms with Crippen LogP contribution in [0.4, 0.5) is 0 Å². The van der Waals surface area contributed by atoms with Gasteiger partial charge in [0.25, 0.3) is 0 Å². The Morgan fingerprint density at radius 3 is 2.30 bits per heavy atom. The van der Waals surface area contributed by atoms with Gasteiger partial charge in [0.15, 0.2) is 0 Å². The maximum Gasteiger partial charge on any atom is 0.233 e. The highest BCUT2D eigenvalue weighted by atomic mass is 16.2. The number of rotatable bonds is 7. The monoisotopic (exact) mass is 281 g/mol. The first kappa shape index (κ1) is 16.9. The lowest BCUT2D eigenvalue weighted by Gasteiger charge is -2.26.